The van der Waals surface area contributed by atoms with Crippen LogP contribution in [0.5, 0.6) is 0 Å². The Bertz CT molecular complexity index is 3020. The van der Waals surface area contributed by atoms with Crippen LogP contribution in [0.3, 0.4) is 0 Å². The molecular formula is C54H58F3N9O11. The van der Waals surface area contributed by atoms with Crippen molar-refractivity contribution in [1.82, 2.24) is 35.2 Å². The van der Waals surface area contributed by atoms with Crippen LogP contribution in [-0.2, 0) is 50.8 Å². The Morgan fingerprint density at radius 1 is 0.766 bits per heavy atom. The van der Waals surface area contributed by atoms with Crippen molar-refractivity contribution in [2.24, 2.45) is 0 Å². The molecule has 4 N–H and O–H groups in total. The highest BCUT2D eigenvalue weighted by Crippen LogP contribution is 2.35. The van der Waals surface area contributed by atoms with Crippen molar-refractivity contribution in [3.63, 3.8) is 0 Å². The topological polar surface area (TPSA) is 236 Å². The van der Waals surface area contributed by atoms with Crippen LogP contribution in [0.4, 0.5) is 24.5 Å². The summed E-state index contributed by atoms with van der Waals surface area (Å²) < 4.78 is 71.0. The summed E-state index contributed by atoms with van der Waals surface area (Å²) in [7, 11) is 0. The highest BCUT2D eigenvalue weighted by molar-refractivity contribution is 6.26. The minimum atomic E-state index is -4.63. The van der Waals surface area contributed by atoms with Gasteiger partial charge in [0.2, 0.25) is 17.7 Å². The van der Waals surface area contributed by atoms with Crippen molar-refractivity contribution in [1.29, 1.82) is 0 Å². The zero-order chi connectivity index (χ0) is 54.3. The second-order valence-corrected chi connectivity index (χ2v) is 18.3. The molecule has 0 radical (unpaired) electrons. The van der Waals surface area contributed by atoms with Crippen LogP contribution in [-0.4, -0.2) is 170 Å². The highest BCUT2D eigenvalue weighted by Gasteiger charge is 2.46. The van der Waals surface area contributed by atoms with E-state index < -0.39 is 53.2 Å². The monoisotopic (exact) mass is 1070 g/mol. The fraction of sp³-hybridized carbons (Fsp3) is 0.407. The Morgan fingerprint density at radius 3 is 2.16 bits per heavy atom. The van der Waals surface area contributed by atoms with E-state index in [-0.39, 0.29) is 79.3 Å². The number of carbonyl (C=O) groups excluding carboxylic acids is 6. The minimum absolute atomic E-state index is 0.00309. The van der Waals surface area contributed by atoms with Crippen LogP contribution in [0.25, 0.3) is 11.0 Å². The third-order valence-electron chi connectivity index (χ3n) is 12.9. The normalized spacial score (nSPS) is 16.1. The average molecular weight is 1070 g/mol. The van der Waals surface area contributed by atoms with Crippen molar-refractivity contribution >= 4 is 57.9 Å². The van der Waals surface area contributed by atoms with Gasteiger partial charge in [-0.15, -0.1) is 0 Å². The number of piperazine rings is 1. The molecule has 0 bridgehead atoms. The second kappa shape index (κ2) is 26.6. The van der Waals surface area contributed by atoms with Gasteiger partial charge >= 0.3 is 6.18 Å². The largest absolute Gasteiger partial charge is 0.416 e. The zero-order valence-corrected chi connectivity index (χ0v) is 42.3. The van der Waals surface area contributed by atoms with Crippen molar-refractivity contribution < 1.29 is 65.6 Å². The molecule has 0 aliphatic carbocycles. The molecule has 0 saturated carbocycles. The maximum absolute atomic E-state index is 14.4. The van der Waals surface area contributed by atoms with Gasteiger partial charge in [0.15, 0.2) is 5.65 Å². The lowest BCUT2D eigenvalue weighted by molar-refractivity contribution is -0.138. The Morgan fingerprint density at radius 2 is 1.45 bits per heavy atom. The number of nitrogens with zero attached hydrogens (tertiary/aromatic N) is 5. The van der Waals surface area contributed by atoms with Crippen molar-refractivity contribution in [2.75, 3.05) is 109 Å². The number of benzene rings is 3. The van der Waals surface area contributed by atoms with E-state index in [4.69, 9.17) is 23.7 Å². The molecule has 3 aliphatic heterocycles. The number of piperidine rings is 1. The van der Waals surface area contributed by atoms with Gasteiger partial charge in [0, 0.05) is 79.7 Å². The van der Waals surface area contributed by atoms with Crippen molar-refractivity contribution in [3.8, 4) is 11.8 Å². The van der Waals surface area contributed by atoms with Gasteiger partial charge in [-0.2, -0.15) is 18.3 Å². The number of fused-ring (bicyclic) bond motifs is 2. The molecule has 0 spiro atoms. The first-order valence-corrected chi connectivity index (χ1v) is 25.1. The number of halogens is 3. The van der Waals surface area contributed by atoms with Crippen LogP contribution in [0.1, 0.15) is 78.2 Å². The van der Waals surface area contributed by atoms with Crippen molar-refractivity contribution in [2.45, 2.75) is 44.9 Å². The molecule has 23 heteroatoms. The molecule has 20 nitrogen and oxygen atoms in total. The Kier molecular flexibility index (Phi) is 19.2. The molecule has 2 saturated heterocycles. The third kappa shape index (κ3) is 15.2. The molecule has 406 valence electrons. The fourth-order valence-corrected chi connectivity index (χ4v) is 8.79. The maximum atomic E-state index is 14.4. The van der Waals surface area contributed by atoms with Crippen molar-refractivity contribution in [3.05, 3.63) is 118 Å². The number of hydrogen-bond acceptors (Lipinski definition) is 15. The summed E-state index contributed by atoms with van der Waals surface area (Å²) in [6, 6.07) is 14.1. The first-order chi connectivity index (χ1) is 37.2. The lowest BCUT2D eigenvalue weighted by Crippen LogP contribution is -2.54. The number of anilines is 2. The second-order valence-electron chi connectivity index (χ2n) is 18.3. The van der Waals surface area contributed by atoms with E-state index in [1.165, 1.54) is 30.3 Å². The number of aromatic amines is 1. The van der Waals surface area contributed by atoms with E-state index in [2.05, 4.69) is 47.9 Å². The number of H-pyrrole nitrogens is 1. The third-order valence-corrected chi connectivity index (χ3v) is 12.9. The molecule has 6 amide bonds. The smallest absolute Gasteiger partial charge is 0.379 e. The van der Waals surface area contributed by atoms with Crippen LogP contribution in [0, 0.1) is 18.8 Å². The summed E-state index contributed by atoms with van der Waals surface area (Å²) in [4.78, 5) is 85.4. The molecule has 5 heterocycles. The van der Waals surface area contributed by atoms with Gasteiger partial charge in [0.1, 0.15) is 6.04 Å². The molecule has 1 unspecified atom stereocenters. The van der Waals surface area contributed by atoms with Gasteiger partial charge in [-0.3, -0.25) is 53.9 Å². The van der Waals surface area contributed by atoms with E-state index in [0.717, 1.165) is 21.9 Å². The number of aromatic nitrogens is 3. The number of hydrogen-bond donors (Lipinski definition) is 4. The fourth-order valence-electron chi connectivity index (χ4n) is 8.79. The van der Waals surface area contributed by atoms with Gasteiger partial charge in [-0.05, 0) is 66.9 Å². The Hall–Kier alpha value is -7.43. The predicted molar refractivity (Wildman–Crippen MR) is 273 cm³/mol. The molecule has 2 fully saturated rings. The van der Waals surface area contributed by atoms with Gasteiger partial charge in [-0.25, -0.2) is 4.98 Å². The van der Waals surface area contributed by atoms with E-state index in [1.807, 2.05) is 17.9 Å². The summed E-state index contributed by atoms with van der Waals surface area (Å²) in [5, 5.41) is 15.0. The first kappa shape index (κ1) is 55.8. The van der Waals surface area contributed by atoms with Crippen LogP contribution < -0.4 is 16.0 Å². The molecule has 3 aliphatic rings. The number of nitrogens with one attached hydrogen (secondary N) is 4. The molecule has 3 aromatic carbocycles. The number of alkyl halides is 3. The summed E-state index contributed by atoms with van der Waals surface area (Å²) >= 11 is 0. The van der Waals surface area contributed by atoms with Crippen LogP contribution in [0.2, 0.25) is 0 Å². The Balaban J connectivity index is 0.631. The van der Waals surface area contributed by atoms with E-state index in [1.54, 1.807) is 30.6 Å². The minimum Gasteiger partial charge on any atom is -0.379 e. The van der Waals surface area contributed by atoms with Gasteiger partial charge < -0.3 is 34.3 Å². The maximum Gasteiger partial charge on any atom is 0.416 e. The van der Waals surface area contributed by atoms with Crippen LogP contribution in [0.15, 0.2) is 73.1 Å². The van der Waals surface area contributed by atoms with E-state index in [0.29, 0.717) is 95.7 Å². The highest BCUT2D eigenvalue weighted by atomic mass is 19.4. The number of imide groups is 2. The quantitative estimate of drug-likeness (QED) is 0.0377. The lowest BCUT2D eigenvalue weighted by Gasteiger charge is -2.35. The molecule has 77 heavy (non-hydrogen) atoms. The number of pyridine rings is 1. The molecule has 8 rings (SSSR count). The summed E-state index contributed by atoms with van der Waals surface area (Å²) in [6.45, 7) is 8.39. The lowest BCUT2D eigenvalue weighted by atomic mass is 10.0. The summed E-state index contributed by atoms with van der Waals surface area (Å²) in [6.07, 6.45) is -1.38. The Labute approximate surface area is 441 Å². The predicted octanol–water partition coefficient (Wildman–Crippen LogP) is 4.57. The molecule has 5 aromatic rings. The number of rotatable bonds is 24. The molecule has 1 atom stereocenters. The number of aryl methyl sites for hydroxylation is 1. The number of amides is 6. The SMILES string of the molecule is Cc1ccc(C(=O)Nc2ccc(CN3CCN(CCOCCOCCOCCOCCOCCC(=O)Nc4cccc5c4C(=O)N(C4CCC(=O)NC4=O)C5=O)CC3)c(C(F)(F)F)c2)cc1C#Cc1cnc2[nH]ncc2c1. The van der Waals surface area contributed by atoms with Gasteiger partial charge in [0.25, 0.3) is 17.7 Å². The average Bonchev–Trinajstić information content (AvgIpc) is 4.07. The molecular weight excluding hydrogens is 1010 g/mol. The summed E-state index contributed by atoms with van der Waals surface area (Å²) in [5.41, 5.74) is 2.55. The number of carbonyl (C=O) groups is 6. The van der Waals surface area contributed by atoms with E-state index >= 15 is 0 Å². The molecule has 2 aromatic heterocycles. The zero-order valence-electron chi connectivity index (χ0n) is 42.3. The summed E-state index contributed by atoms with van der Waals surface area (Å²) in [5.74, 6) is 2.55. The van der Waals surface area contributed by atoms with Gasteiger partial charge in [0.05, 0.1) is 101 Å². The van der Waals surface area contributed by atoms with Gasteiger partial charge in [-0.1, -0.05) is 30.0 Å². The number of ether oxygens (including phenoxy) is 5. The van der Waals surface area contributed by atoms with E-state index in [9.17, 15) is 41.9 Å². The standard InChI is InChI=1S/C54H58F3N9O11/c1-35-5-7-38(30-37(35)8-6-36-29-40-33-59-63-49(40)58-32-36)50(69)60-41-10-9-39(43(31-41)54(55,56)57)34-65-16-14-64(15-17-65)18-20-74-22-24-76-26-28-77-27-25-75-23-21-73-19-13-47(68)61-44-4-2-3-42-48(44)53(72)66(52(42)71)45-11-12-46(67)62-51(45)70/h2-5,7,9-10,29-33,45H,11-28,34H2,1H3,(H,60,69)(H,61,68)(H,58,59,63)(H,62,67,70). The van der Waals surface area contributed by atoms with Crippen LogP contribution >= 0.6 is 0 Å². The first-order valence-electron chi connectivity index (χ1n) is 25.1.